The molecule has 0 atom stereocenters. The van der Waals surface area contributed by atoms with Gasteiger partial charge in [0.2, 0.25) is 0 Å². The van der Waals surface area contributed by atoms with Gasteiger partial charge in [-0.25, -0.2) is 18.7 Å². The van der Waals surface area contributed by atoms with Gasteiger partial charge < -0.3 is 9.09 Å². The van der Waals surface area contributed by atoms with E-state index in [0.29, 0.717) is 22.5 Å². The first kappa shape index (κ1) is 17.8. The van der Waals surface area contributed by atoms with Crippen molar-refractivity contribution in [2.24, 2.45) is 0 Å². The number of halogens is 3. The number of allylic oxidation sites excluding steroid dienone is 4. The van der Waals surface area contributed by atoms with Crippen molar-refractivity contribution >= 4 is 11.6 Å². The summed E-state index contributed by atoms with van der Waals surface area (Å²) in [6.45, 7) is 7.22. The molecule has 3 heterocycles. The van der Waals surface area contributed by atoms with E-state index in [2.05, 4.69) is 28.3 Å². The molecule has 132 valence electrons. The van der Waals surface area contributed by atoms with Crippen LogP contribution in [0.3, 0.4) is 0 Å². The van der Waals surface area contributed by atoms with E-state index in [4.69, 9.17) is 16.1 Å². The molecule has 3 aromatic heterocycles. The number of aromatic nitrogens is 4. The molecule has 0 saturated carbocycles. The molecule has 5 nitrogen and oxygen atoms in total. The molecule has 0 bridgehead atoms. The van der Waals surface area contributed by atoms with Crippen LogP contribution in [0.4, 0.5) is 8.78 Å². The second kappa shape index (κ2) is 7.45. The van der Waals surface area contributed by atoms with Gasteiger partial charge in [-0.3, -0.25) is 0 Å². The predicted octanol–water partition coefficient (Wildman–Crippen LogP) is 4.99. The van der Waals surface area contributed by atoms with E-state index in [1.807, 2.05) is 0 Å². The minimum atomic E-state index is -0.712. The van der Waals surface area contributed by atoms with Crippen molar-refractivity contribution in [1.82, 2.24) is 19.7 Å². The number of nitrogens with zero attached hydrogens (tertiary/aromatic N) is 4. The highest BCUT2D eigenvalue weighted by atomic mass is 35.5. The van der Waals surface area contributed by atoms with Gasteiger partial charge >= 0.3 is 0 Å². The number of hydrogen-bond donors (Lipinski definition) is 0. The fraction of sp³-hybridized carbons (Fsp3) is 0.0556. The molecule has 3 aromatic rings. The van der Waals surface area contributed by atoms with E-state index in [1.54, 1.807) is 22.9 Å². The molecule has 8 heteroatoms. The van der Waals surface area contributed by atoms with Gasteiger partial charge in [-0.15, -0.1) is 0 Å². The first-order valence-electron chi connectivity index (χ1n) is 7.46. The van der Waals surface area contributed by atoms with Gasteiger partial charge in [0, 0.05) is 23.4 Å². The second-order valence-corrected chi connectivity index (χ2v) is 5.60. The van der Waals surface area contributed by atoms with Crippen molar-refractivity contribution in [1.29, 1.82) is 0 Å². The molecule has 0 spiro atoms. The first-order valence-corrected chi connectivity index (χ1v) is 7.84. The van der Waals surface area contributed by atoms with E-state index in [0.717, 1.165) is 12.3 Å². The lowest BCUT2D eigenvalue weighted by Crippen LogP contribution is -2.01. The van der Waals surface area contributed by atoms with E-state index in [9.17, 15) is 8.78 Å². The zero-order valence-corrected chi connectivity index (χ0v) is 14.2. The summed E-state index contributed by atoms with van der Waals surface area (Å²) in [5, 5.41) is 3.62. The maximum Gasteiger partial charge on any atom is 0.178 e. The van der Waals surface area contributed by atoms with Crippen molar-refractivity contribution in [2.75, 3.05) is 0 Å². The van der Waals surface area contributed by atoms with Gasteiger partial charge in [0.1, 0.15) is 17.8 Å². The average Bonchev–Trinajstić information content (AvgIpc) is 3.30. The normalized spacial score (nSPS) is 12.0. The topological polar surface area (TPSA) is 56.7 Å². The first-order chi connectivity index (χ1) is 12.5. The summed E-state index contributed by atoms with van der Waals surface area (Å²) in [4.78, 5) is 7.87. The molecule has 0 amide bonds. The van der Waals surface area contributed by atoms with Crippen LogP contribution in [-0.2, 0) is 6.54 Å². The summed E-state index contributed by atoms with van der Waals surface area (Å²) in [7, 11) is 0. The Bertz CT molecular complexity index is 993. The largest absolute Gasteiger partial charge is 0.364 e. The fourth-order valence-corrected chi connectivity index (χ4v) is 2.49. The Morgan fingerprint density at radius 3 is 2.77 bits per heavy atom. The molecule has 0 saturated heterocycles. The standard InChI is InChI=1S/C18H13ClF2N4O/c1-3-11(13(20)4-2)9-25-10-12(7-16(25)15-5-6-26-24-15)18-22-8-14(21)17(19)23-18/h3-8,10H,1-2,9H2/b13-11-. The quantitative estimate of drug-likeness (QED) is 0.450. The van der Waals surface area contributed by atoms with Crippen LogP contribution in [0.5, 0.6) is 0 Å². The van der Waals surface area contributed by atoms with Gasteiger partial charge in [0.25, 0.3) is 0 Å². The van der Waals surface area contributed by atoms with Gasteiger partial charge in [0.05, 0.1) is 18.4 Å². The summed E-state index contributed by atoms with van der Waals surface area (Å²) in [5.74, 6) is -0.966. The Hall–Kier alpha value is -3.06. The Morgan fingerprint density at radius 1 is 1.35 bits per heavy atom. The van der Waals surface area contributed by atoms with Crippen LogP contribution in [0.1, 0.15) is 0 Å². The van der Waals surface area contributed by atoms with Gasteiger partial charge in [-0.05, 0) is 12.1 Å². The smallest absolute Gasteiger partial charge is 0.178 e. The molecule has 0 unspecified atom stereocenters. The second-order valence-electron chi connectivity index (χ2n) is 5.24. The molecule has 0 aliphatic carbocycles. The molecule has 3 rings (SSSR count). The van der Waals surface area contributed by atoms with Crippen molar-refractivity contribution in [3.63, 3.8) is 0 Å². The van der Waals surface area contributed by atoms with Crippen molar-refractivity contribution in [2.45, 2.75) is 6.54 Å². The molecule has 0 aliphatic heterocycles. The van der Waals surface area contributed by atoms with Crippen LogP contribution < -0.4 is 0 Å². The highest BCUT2D eigenvalue weighted by Gasteiger charge is 2.16. The highest BCUT2D eigenvalue weighted by molar-refractivity contribution is 6.29. The monoisotopic (exact) mass is 374 g/mol. The van der Waals surface area contributed by atoms with Crippen LogP contribution in [0.2, 0.25) is 5.15 Å². The van der Waals surface area contributed by atoms with Gasteiger partial charge in [0.15, 0.2) is 16.8 Å². The van der Waals surface area contributed by atoms with Crippen LogP contribution >= 0.6 is 11.6 Å². The zero-order chi connectivity index (χ0) is 18.7. The van der Waals surface area contributed by atoms with Crippen LogP contribution in [0.25, 0.3) is 22.8 Å². The molecule has 0 aromatic carbocycles. The minimum absolute atomic E-state index is 0.165. The average molecular weight is 375 g/mol. The SMILES string of the molecule is C=C/C(F)=C(\C=C)Cn1cc(-c2ncc(F)c(Cl)n2)cc1-c1ccon1. The highest BCUT2D eigenvalue weighted by Crippen LogP contribution is 2.28. The van der Waals surface area contributed by atoms with E-state index in [1.165, 1.54) is 12.3 Å². The molecule has 0 N–H and O–H groups in total. The van der Waals surface area contributed by atoms with Crippen LogP contribution in [-0.4, -0.2) is 19.7 Å². The third kappa shape index (κ3) is 3.48. The summed E-state index contributed by atoms with van der Waals surface area (Å²) in [6.07, 6.45) is 6.62. The van der Waals surface area contributed by atoms with Gasteiger partial charge in [-0.1, -0.05) is 36.0 Å². The Balaban J connectivity index is 2.10. The Morgan fingerprint density at radius 2 is 2.15 bits per heavy atom. The zero-order valence-electron chi connectivity index (χ0n) is 13.5. The predicted molar refractivity (Wildman–Crippen MR) is 94.5 cm³/mol. The van der Waals surface area contributed by atoms with Crippen LogP contribution in [0.15, 0.2) is 72.0 Å². The number of hydrogen-bond acceptors (Lipinski definition) is 4. The maximum absolute atomic E-state index is 13.9. The molecule has 0 radical (unpaired) electrons. The summed E-state index contributed by atoms with van der Waals surface area (Å²) >= 11 is 5.74. The summed E-state index contributed by atoms with van der Waals surface area (Å²) < 4.78 is 33.9. The number of rotatable bonds is 6. The lowest BCUT2D eigenvalue weighted by atomic mass is 10.2. The summed E-state index contributed by atoms with van der Waals surface area (Å²) in [6, 6.07) is 3.39. The van der Waals surface area contributed by atoms with E-state index >= 15 is 0 Å². The van der Waals surface area contributed by atoms with Crippen molar-refractivity contribution in [3.05, 3.63) is 78.5 Å². The van der Waals surface area contributed by atoms with Crippen molar-refractivity contribution < 1.29 is 13.3 Å². The fourth-order valence-electron chi connectivity index (χ4n) is 2.36. The summed E-state index contributed by atoms with van der Waals surface area (Å²) in [5.41, 5.74) is 2.07. The van der Waals surface area contributed by atoms with Gasteiger partial charge in [-0.2, -0.15) is 0 Å². The third-order valence-corrected chi connectivity index (χ3v) is 3.89. The lowest BCUT2D eigenvalue weighted by Gasteiger charge is -2.08. The molecular formula is C18H13ClF2N4O. The van der Waals surface area contributed by atoms with E-state index in [-0.39, 0.29) is 17.5 Å². The molecule has 26 heavy (non-hydrogen) atoms. The minimum Gasteiger partial charge on any atom is -0.364 e. The third-order valence-electron chi connectivity index (χ3n) is 3.63. The van der Waals surface area contributed by atoms with E-state index < -0.39 is 11.6 Å². The molecular weight excluding hydrogens is 362 g/mol. The molecule has 0 fully saturated rings. The van der Waals surface area contributed by atoms with Crippen LogP contribution in [0, 0.1) is 5.82 Å². The van der Waals surface area contributed by atoms with Crippen molar-refractivity contribution in [3.8, 4) is 22.8 Å². The Labute approximate surface area is 152 Å². The maximum atomic E-state index is 13.9. The Kier molecular flexibility index (Phi) is 5.09. The molecule has 0 aliphatic rings. The lowest BCUT2D eigenvalue weighted by molar-refractivity contribution is 0.421.